The predicted molar refractivity (Wildman–Crippen MR) is 84.3 cm³/mol. The van der Waals surface area contributed by atoms with Crippen LogP contribution in [0, 0.1) is 5.92 Å². The smallest absolute Gasteiger partial charge is 0.253 e. The quantitative estimate of drug-likeness (QED) is 0.857. The van der Waals surface area contributed by atoms with E-state index in [1.54, 1.807) is 0 Å². The van der Waals surface area contributed by atoms with Crippen LogP contribution in [0.5, 0.6) is 0 Å². The third-order valence-electron chi connectivity index (χ3n) is 4.75. The molecule has 0 bridgehead atoms. The molecule has 1 saturated heterocycles. The molecule has 0 atom stereocenters. The molecule has 0 saturated carbocycles. The molecule has 3 N–H and O–H groups in total. The van der Waals surface area contributed by atoms with Crippen molar-refractivity contribution < 1.29 is 9.59 Å². The van der Waals surface area contributed by atoms with Gasteiger partial charge in [-0.1, -0.05) is 6.07 Å². The number of hydrogen-bond acceptors (Lipinski definition) is 3. The van der Waals surface area contributed by atoms with Crippen LogP contribution in [0.25, 0.3) is 0 Å². The van der Waals surface area contributed by atoms with Gasteiger partial charge in [0, 0.05) is 31.1 Å². The first kappa shape index (κ1) is 15.0. The van der Waals surface area contributed by atoms with Gasteiger partial charge in [0.25, 0.3) is 5.91 Å². The number of likely N-dealkylation sites (tertiary alicyclic amines) is 1. The van der Waals surface area contributed by atoms with Gasteiger partial charge in [0.15, 0.2) is 0 Å². The Morgan fingerprint density at radius 1 is 1.18 bits per heavy atom. The number of benzene rings is 1. The fourth-order valence-electron chi connectivity index (χ4n) is 3.34. The van der Waals surface area contributed by atoms with Gasteiger partial charge in [-0.15, -0.1) is 0 Å². The minimum absolute atomic E-state index is 0.0648. The number of primary amides is 1. The molecule has 1 aromatic carbocycles. The summed E-state index contributed by atoms with van der Waals surface area (Å²) in [6.07, 6.45) is 3.56. The summed E-state index contributed by atoms with van der Waals surface area (Å²) in [6, 6.07) is 6.05. The van der Waals surface area contributed by atoms with E-state index in [-0.39, 0.29) is 17.7 Å². The van der Waals surface area contributed by atoms with E-state index >= 15 is 0 Å². The maximum absolute atomic E-state index is 12.6. The van der Waals surface area contributed by atoms with E-state index in [1.807, 2.05) is 17.0 Å². The van der Waals surface area contributed by atoms with Gasteiger partial charge < -0.3 is 16.0 Å². The zero-order valence-electron chi connectivity index (χ0n) is 12.8. The highest BCUT2D eigenvalue weighted by atomic mass is 16.2. The molecule has 5 nitrogen and oxygen atoms in total. The summed E-state index contributed by atoms with van der Waals surface area (Å²) in [5.41, 5.74) is 8.67. The second-order valence-electron chi connectivity index (χ2n) is 6.23. The van der Waals surface area contributed by atoms with Gasteiger partial charge in [0.1, 0.15) is 0 Å². The Kier molecular flexibility index (Phi) is 4.43. The zero-order chi connectivity index (χ0) is 15.5. The van der Waals surface area contributed by atoms with E-state index in [1.165, 1.54) is 11.1 Å². The lowest BCUT2D eigenvalue weighted by Gasteiger charge is -2.30. The molecule has 2 aliphatic heterocycles. The molecule has 0 unspecified atom stereocenters. The maximum atomic E-state index is 12.6. The Morgan fingerprint density at radius 2 is 1.95 bits per heavy atom. The molecular weight excluding hydrogens is 278 g/mol. The molecular formula is C17H23N3O2. The molecule has 2 amide bonds. The average Bonchev–Trinajstić information content (AvgIpc) is 2.78. The van der Waals surface area contributed by atoms with Gasteiger partial charge in [-0.05, 0) is 55.5 Å². The highest BCUT2D eigenvalue weighted by Crippen LogP contribution is 2.21. The van der Waals surface area contributed by atoms with Crippen LogP contribution >= 0.6 is 0 Å². The molecule has 2 heterocycles. The van der Waals surface area contributed by atoms with Crippen molar-refractivity contribution in [2.24, 2.45) is 11.7 Å². The minimum atomic E-state index is -0.247. The lowest BCUT2D eigenvalue weighted by molar-refractivity contribution is -0.123. The number of nitrogens with two attached hydrogens (primary N) is 1. The molecule has 22 heavy (non-hydrogen) atoms. The van der Waals surface area contributed by atoms with Crippen LogP contribution in [0.15, 0.2) is 18.2 Å². The van der Waals surface area contributed by atoms with E-state index in [0.29, 0.717) is 25.9 Å². The number of piperidine rings is 1. The van der Waals surface area contributed by atoms with Crippen molar-refractivity contribution in [3.05, 3.63) is 34.9 Å². The number of carbonyl (C=O) groups is 2. The van der Waals surface area contributed by atoms with Crippen molar-refractivity contribution in [1.82, 2.24) is 10.2 Å². The Hall–Kier alpha value is -1.88. The summed E-state index contributed by atoms with van der Waals surface area (Å²) in [5, 5.41) is 3.39. The van der Waals surface area contributed by atoms with Gasteiger partial charge in [-0.3, -0.25) is 9.59 Å². The number of amides is 2. The van der Waals surface area contributed by atoms with E-state index in [9.17, 15) is 9.59 Å². The maximum Gasteiger partial charge on any atom is 0.253 e. The predicted octanol–water partition coefficient (Wildman–Crippen LogP) is 1.06. The third kappa shape index (κ3) is 3.14. The number of nitrogens with one attached hydrogen (secondary N) is 1. The number of carbonyl (C=O) groups excluding carboxylic acids is 2. The van der Waals surface area contributed by atoms with Gasteiger partial charge in [-0.2, -0.15) is 0 Å². The minimum Gasteiger partial charge on any atom is -0.369 e. The summed E-state index contributed by atoms with van der Waals surface area (Å²) >= 11 is 0. The Labute approximate surface area is 130 Å². The normalized spacial score (nSPS) is 19.4. The Morgan fingerprint density at radius 3 is 2.68 bits per heavy atom. The van der Waals surface area contributed by atoms with Crippen LogP contribution in [0.2, 0.25) is 0 Å². The first-order chi connectivity index (χ1) is 10.6. The molecule has 0 aromatic heterocycles. The first-order valence-corrected chi connectivity index (χ1v) is 8.06. The molecule has 5 heteroatoms. The second kappa shape index (κ2) is 6.48. The van der Waals surface area contributed by atoms with E-state index in [2.05, 4.69) is 11.4 Å². The first-order valence-electron chi connectivity index (χ1n) is 8.06. The van der Waals surface area contributed by atoms with Crippen LogP contribution in [0.4, 0.5) is 0 Å². The summed E-state index contributed by atoms with van der Waals surface area (Å²) < 4.78 is 0. The second-order valence-corrected chi connectivity index (χ2v) is 6.23. The SMILES string of the molecule is NC(=O)C1CCN(C(=O)c2ccc3c(c2)CNCCC3)CC1. The number of nitrogens with zero attached hydrogens (tertiary/aromatic N) is 1. The monoisotopic (exact) mass is 301 g/mol. The molecule has 1 aromatic rings. The molecule has 0 aliphatic carbocycles. The van der Waals surface area contributed by atoms with Crippen molar-refractivity contribution in [2.75, 3.05) is 19.6 Å². The third-order valence-corrected chi connectivity index (χ3v) is 4.75. The zero-order valence-corrected chi connectivity index (χ0v) is 12.8. The molecule has 0 radical (unpaired) electrons. The van der Waals surface area contributed by atoms with Gasteiger partial charge in [0.05, 0.1) is 0 Å². The fourth-order valence-corrected chi connectivity index (χ4v) is 3.34. The highest BCUT2D eigenvalue weighted by Gasteiger charge is 2.26. The molecule has 3 rings (SSSR count). The highest BCUT2D eigenvalue weighted by molar-refractivity contribution is 5.94. The van der Waals surface area contributed by atoms with Crippen LogP contribution in [0.3, 0.4) is 0 Å². The van der Waals surface area contributed by atoms with Crippen molar-refractivity contribution in [3.8, 4) is 0 Å². The van der Waals surface area contributed by atoms with Crippen LogP contribution < -0.4 is 11.1 Å². The lowest BCUT2D eigenvalue weighted by atomic mass is 9.95. The van der Waals surface area contributed by atoms with Crippen molar-refractivity contribution in [2.45, 2.75) is 32.2 Å². The van der Waals surface area contributed by atoms with E-state index in [4.69, 9.17) is 5.73 Å². The van der Waals surface area contributed by atoms with Crippen molar-refractivity contribution in [3.63, 3.8) is 0 Å². The van der Waals surface area contributed by atoms with Gasteiger partial charge in [-0.25, -0.2) is 0 Å². The molecule has 1 fully saturated rings. The number of rotatable bonds is 2. The van der Waals surface area contributed by atoms with E-state index in [0.717, 1.165) is 31.5 Å². The fraction of sp³-hybridized carbons (Fsp3) is 0.529. The van der Waals surface area contributed by atoms with Crippen LogP contribution in [-0.2, 0) is 17.8 Å². The van der Waals surface area contributed by atoms with E-state index < -0.39 is 0 Å². The summed E-state index contributed by atoms with van der Waals surface area (Å²) in [5.74, 6) is -0.265. The standard InChI is InChI=1S/C17H23N3O2/c18-16(21)13-5-8-20(9-6-13)17(22)14-4-3-12-2-1-7-19-11-15(12)10-14/h3-4,10,13,19H,1-2,5-9,11H2,(H2,18,21). The average molecular weight is 301 g/mol. The molecule has 0 spiro atoms. The number of fused-ring (bicyclic) bond motifs is 1. The molecule has 118 valence electrons. The van der Waals surface area contributed by atoms with Crippen LogP contribution in [-0.4, -0.2) is 36.3 Å². The number of aryl methyl sites for hydroxylation is 1. The summed E-state index contributed by atoms with van der Waals surface area (Å²) in [4.78, 5) is 25.7. The van der Waals surface area contributed by atoms with Crippen LogP contribution in [0.1, 0.15) is 40.7 Å². The lowest BCUT2D eigenvalue weighted by Crippen LogP contribution is -2.41. The van der Waals surface area contributed by atoms with Crippen molar-refractivity contribution >= 4 is 11.8 Å². The summed E-state index contributed by atoms with van der Waals surface area (Å²) in [7, 11) is 0. The van der Waals surface area contributed by atoms with Crippen molar-refractivity contribution in [1.29, 1.82) is 0 Å². The Balaban J connectivity index is 1.70. The summed E-state index contributed by atoms with van der Waals surface area (Å²) in [6.45, 7) is 3.09. The Bertz CT molecular complexity index is 577. The van der Waals surface area contributed by atoms with Gasteiger partial charge in [0.2, 0.25) is 5.91 Å². The molecule has 2 aliphatic rings. The number of hydrogen-bond donors (Lipinski definition) is 2. The van der Waals surface area contributed by atoms with Gasteiger partial charge >= 0.3 is 0 Å². The topological polar surface area (TPSA) is 75.4 Å². The largest absolute Gasteiger partial charge is 0.369 e.